The molecule has 0 amide bonds. The van der Waals surface area contributed by atoms with Crippen LogP contribution < -0.4 is 10.1 Å². The molecule has 3 nitrogen and oxygen atoms in total. The van der Waals surface area contributed by atoms with Gasteiger partial charge in [0.2, 0.25) is 0 Å². The first-order chi connectivity index (χ1) is 8.28. The predicted octanol–water partition coefficient (Wildman–Crippen LogP) is 3.06. The minimum atomic E-state index is 0.264. The van der Waals surface area contributed by atoms with Crippen molar-refractivity contribution in [2.45, 2.75) is 38.8 Å². The zero-order chi connectivity index (χ0) is 12.1. The number of hydrogen-bond donors (Lipinski definition) is 1. The van der Waals surface area contributed by atoms with E-state index in [-0.39, 0.29) is 6.10 Å². The van der Waals surface area contributed by atoms with E-state index in [9.17, 15) is 0 Å². The van der Waals surface area contributed by atoms with Crippen LogP contribution in [0.3, 0.4) is 0 Å². The standard InChI is InChI=1S/C14H21NO2/c1-3-11(2)17-14-6-4-5-12(9-14)15-13-7-8-16-10-13/h4-6,9,11,13,15H,3,7-8,10H2,1-2H3/t11-,13+/m0/s1. The van der Waals surface area contributed by atoms with Gasteiger partial charge in [-0.05, 0) is 31.9 Å². The lowest BCUT2D eigenvalue weighted by Gasteiger charge is -2.16. The molecule has 3 heteroatoms. The molecule has 2 rings (SSSR count). The molecule has 0 aromatic heterocycles. The molecule has 1 saturated heterocycles. The Bertz CT molecular complexity index is 348. The molecule has 94 valence electrons. The molecule has 1 heterocycles. The van der Waals surface area contributed by atoms with Crippen LogP contribution in [-0.2, 0) is 4.74 Å². The highest BCUT2D eigenvalue weighted by Crippen LogP contribution is 2.21. The summed E-state index contributed by atoms with van der Waals surface area (Å²) in [5, 5.41) is 3.47. The van der Waals surface area contributed by atoms with Crippen molar-refractivity contribution >= 4 is 5.69 Å². The summed E-state index contributed by atoms with van der Waals surface area (Å²) in [6.45, 7) is 5.88. The fraction of sp³-hybridized carbons (Fsp3) is 0.571. The van der Waals surface area contributed by atoms with Gasteiger partial charge in [-0.3, -0.25) is 0 Å². The predicted molar refractivity (Wildman–Crippen MR) is 69.7 cm³/mol. The molecule has 2 atom stereocenters. The average molecular weight is 235 g/mol. The van der Waals surface area contributed by atoms with Crippen molar-refractivity contribution in [2.75, 3.05) is 18.5 Å². The number of nitrogens with one attached hydrogen (secondary N) is 1. The van der Waals surface area contributed by atoms with Gasteiger partial charge in [-0.1, -0.05) is 13.0 Å². The molecule has 0 spiro atoms. The molecule has 1 N–H and O–H groups in total. The van der Waals surface area contributed by atoms with E-state index < -0.39 is 0 Å². The van der Waals surface area contributed by atoms with Crippen molar-refractivity contribution in [1.82, 2.24) is 0 Å². The van der Waals surface area contributed by atoms with Crippen LogP contribution in [0.4, 0.5) is 5.69 Å². The summed E-state index contributed by atoms with van der Waals surface area (Å²) in [6.07, 6.45) is 2.37. The largest absolute Gasteiger partial charge is 0.491 e. The second-order valence-electron chi connectivity index (χ2n) is 4.57. The lowest BCUT2D eigenvalue weighted by Crippen LogP contribution is -2.18. The van der Waals surface area contributed by atoms with E-state index in [1.54, 1.807) is 0 Å². The molecule has 0 bridgehead atoms. The molecule has 0 unspecified atom stereocenters. The number of rotatable bonds is 5. The summed E-state index contributed by atoms with van der Waals surface area (Å²) in [6, 6.07) is 8.60. The highest BCUT2D eigenvalue weighted by atomic mass is 16.5. The lowest BCUT2D eigenvalue weighted by atomic mass is 10.2. The number of ether oxygens (including phenoxy) is 2. The van der Waals surface area contributed by atoms with Crippen molar-refractivity contribution in [2.24, 2.45) is 0 Å². The van der Waals surface area contributed by atoms with Gasteiger partial charge in [0, 0.05) is 18.4 Å². The minimum absolute atomic E-state index is 0.264. The van der Waals surface area contributed by atoms with Gasteiger partial charge < -0.3 is 14.8 Å². The molecule has 1 fully saturated rings. The van der Waals surface area contributed by atoms with Gasteiger partial charge in [0.1, 0.15) is 5.75 Å². The van der Waals surface area contributed by atoms with E-state index in [0.29, 0.717) is 6.04 Å². The second-order valence-corrected chi connectivity index (χ2v) is 4.57. The summed E-state index contributed by atoms with van der Waals surface area (Å²) in [5.41, 5.74) is 1.11. The van der Waals surface area contributed by atoms with Crippen LogP contribution in [-0.4, -0.2) is 25.4 Å². The van der Waals surface area contributed by atoms with Gasteiger partial charge in [-0.25, -0.2) is 0 Å². The molecular weight excluding hydrogens is 214 g/mol. The van der Waals surface area contributed by atoms with Crippen molar-refractivity contribution in [3.8, 4) is 5.75 Å². The maximum absolute atomic E-state index is 5.80. The molecule has 0 aliphatic carbocycles. The van der Waals surface area contributed by atoms with Crippen LogP contribution in [0.2, 0.25) is 0 Å². The fourth-order valence-electron chi connectivity index (χ4n) is 1.86. The van der Waals surface area contributed by atoms with Crippen molar-refractivity contribution in [3.63, 3.8) is 0 Å². The third kappa shape index (κ3) is 3.63. The van der Waals surface area contributed by atoms with Gasteiger partial charge in [0.25, 0.3) is 0 Å². The van der Waals surface area contributed by atoms with E-state index in [1.807, 2.05) is 12.1 Å². The molecule has 1 aliphatic rings. The normalized spacial score (nSPS) is 21.2. The molecule has 1 aliphatic heterocycles. The molecule has 17 heavy (non-hydrogen) atoms. The monoisotopic (exact) mass is 235 g/mol. The number of anilines is 1. The maximum atomic E-state index is 5.80. The van der Waals surface area contributed by atoms with Gasteiger partial charge in [0.15, 0.2) is 0 Å². The van der Waals surface area contributed by atoms with Crippen molar-refractivity contribution in [3.05, 3.63) is 24.3 Å². The average Bonchev–Trinajstić information content (AvgIpc) is 2.82. The zero-order valence-electron chi connectivity index (χ0n) is 10.6. The first kappa shape index (κ1) is 12.2. The molecule has 0 radical (unpaired) electrons. The smallest absolute Gasteiger partial charge is 0.121 e. The summed E-state index contributed by atoms with van der Waals surface area (Å²) >= 11 is 0. The second kappa shape index (κ2) is 5.92. The first-order valence-corrected chi connectivity index (χ1v) is 6.39. The highest BCUT2D eigenvalue weighted by molar-refractivity contribution is 5.49. The number of benzene rings is 1. The Morgan fingerprint density at radius 1 is 1.53 bits per heavy atom. The molecular formula is C14H21NO2. The lowest BCUT2D eigenvalue weighted by molar-refractivity contribution is 0.195. The van der Waals surface area contributed by atoms with Crippen LogP contribution in [0, 0.1) is 0 Å². The number of hydrogen-bond acceptors (Lipinski definition) is 3. The minimum Gasteiger partial charge on any atom is -0.491 e. The summed E-state index contributed by atoms with van der Waals surface area (Å²) in [7, 11) is 0. The Hall–Kier alpha value is -1.22. The Kier molecular flexibility index (Phi) is 4.26. The first-order valence-electron chi connectivity index (χ1n) is 6.39. The van der Waals surface area contributed by atoms with Gasteiger partial charge >= 0.3 is 0 Å². The van der Waals surface area contributed by atoms with Crippen LogP contribution in [0.25, 0.3) is 0 Å². The third-order valence-electron chi connectivity index (χ3n) is 3.05. The quantitative estimate of drug-likeness (QED) is 0.850. The van der Waals surface area contributed by atoms with Crippen molar-refractivity contribution in [1.29, 1.82) is 0 Å². The van der Waals surface area contributed by atoms with Gasteiger partial charge in [-0.2, -0.15) is 0 Å². The highest BCUT2D eigenvalue weighted by Gasteiger charge is 2.15. The summed E-state index contributed by atoms with van der Waals surface area (Å²) in [4.78, 5) is 0. The third-order valence-corrected chi connectivity index (χ3v) is 3.05. The van der Waals surface area contributed by atoms with E-state index in [1.165, 1.54) is 0 Å². The zero-order valence-corrected chi connectivity index (χ0v) is 10.6. The Morgan fingerprint density at radius 2 is 2.41 bits per heavy atom. The van der Waals surface area contributed by atoms with Crippen molar-refractivity contribution < 1.29 is 9.47 Å². The fourth-order valence-corrected chi connectivity index (χ4v) is 1.86. The van der Waals surface area contributed by atoms with Crippen LogP contribution in [0.15, 0.2) is 24.3 Å². The van der Waals surface area contributed by atoms with Crippen LogP contribution in [0.1, 0.15) is 26.7 Å². The Balaban J connectivity index is 1.95. The molecule has 0 saturated carbocycles. The summed E-state index contributed by atoms with van der Waals surface area (Å²) in [5.74, 6) is 0.934. The van der Waals surface area contributed by atoms with Crippen LogP contribution >= 0.6 is 0 Å². The van der Waals surface area contributed by atoms with E-state index in [0.717, 1.165) is 37.5 Å². The Labute approximate surface area is 103 Å². The van der Waals surface area contributed by atoms with Gasteiger partial charge in [0.05, 0.1) is 18.8 Å². The van der Waals surface area contributed by atoms with Crippen LogP contribution in [0.5, 0.6) is 5.75 Å². The molecule has 1 aromatic rings. The SMILES string of the molecule is CC[C@H](C)Oc1cccc(N[C@@H]2CCOC2)c1. The Morgan fingerprint density at radius 3 is 3.12 bits per heavy atom. The van der Waals surface area contributed by atoms with E-state index in [2.05, 4.69) is 31.3 Å². The maximum Gasteiger partial charge on any atom is 0.121 e. The summed E-state index contributed by atoms with van der Waals surface area (Å²) < 4.78 is 11.1. The van der Waals surface area contributed by atoms with E-state index >= 15 is 0 Å². The van der Waals surface area contributed by atoms with Gasteiger partial charge in [-0.15, -0.1) is 0 Å². The molecule has 1 aromatic carbocycles. The topological polar surface area (TPSA) is 30.5 Å². The van der Waals surface area contributed by atoms with E-state index in [4.69, 9.17) is 9.47 Å².